The van der Waals surface area contributed by atoms with Crippen LogP contribution in [0.2, 0.25) is 0 Å². The number of rotatable bonds is 8. The molecule has 0 aliphatic rings. The van der Waals surface area contributed by atoms with Gasteiger partial charge in [-0.05, 0) is 68.0 Å². The molecule has 0 bridgehead atoms. The molecule has 8 heteroatoms. The van der Waals surface area contributed by atoms with Crippen molar-refractivity contribution in [2.24, 2.45) is 0 Å². The fourth-order valence-corrected chi connectivity index (χ4v) is 2.94. The number of allylic oxidation sites excluding steroid dienone is 3. The summed E-state index contributed by atoms with van der Waals surface area (Å²) in [6.07, 6.45) is 6.56. The highest BCUT2D eigenvalue weighted by molar-refractivity contribution is 6.21. The Hall–Kier alpha value is -4.46. The number of carbonyl (C=O) groups is 2. The van der Waals surface area contributed by atoms with Crippen LogP contribution in [0.5, 0.6) is 5.75 Å². The van der Waals surface area contributed by atoms with E-state index in [4.69, 9.17) is 12.6 Å². The van der Waals surface area contributed by atoms with Crippen molar-refractivity contribution in [1.82, 2.24) is 10.3 Å². The molecule has 6 nitrogen and oxygen atoms in total. The van der Waals surface area contributed by atoms with E-state index in [0.29, 0.717) is 28.4 Å². The molecule has 0 fully saturated rings. The molecule has 2 N–H and O–H groups in total. The van der Waals surface area contributed by atoms with E-state index in [-0.39, 0.29) is 11.3 Å². The van der Waals surface area contributed by atoms with Gasteiger partial charge in [-0.15, -0.1) is 0 Å². The second-order valence-corrected chi connectivity index (χ2v) is 7.38. The van der Waals surface area contributed by atoms with Crippen molar-refractivity contribution in [1.29, 1.82) is 0 Å². The fraction of sp³-hybridized carbons (Fsp3) is 0.0741. The van der Waals surface area contributed by atoms with Crippen molar-refractivity contribution in [2.45, 2.75) is 13.8 Å². The van der Waals surface area contributed by atoms with Crippen molar-refractivity contribution in [3.05, 3.63) is 119 Å². The van der Waals surface area contributed by atoms with E-state index in [1.54, 1.807) is 55.5 Å². The van der Waals surface area contributed by atoms with Gasteiger partial charge in [0.2, 0.25) is 0 Å². The quantitative estimate of drug-likeness (QED) is 0.212. The summed E-state index contributed by atoms with van der Waals surface area (Å²) in [4.78, 5) is 29.7. The largest absolute Gasteiger partial charge is 0.458 e. The van der Waals surface area contributed by atoms with Gasteiger partial charge in [-0.2, -0.15) is 0 Å². The number of nitrogens with one attached hydrogen (secondary N) is 2. The van der Waals surface area contributed by atoms with E-state index in [1.807, 2.05) is 13.0 Å². The Morgan fingerprint density at radius 1 is 1.03 bits per heavy atom. The lowest BCUT2D eigenvalue weighted by Crippen LogP contribution is -2.31. The maximum atomic E-state index is 14.1. The maximum absolute atomic E-state index is 14.1. The molecule has 3 aromatic rings. The average Bonchev–Trinajstić information content (AvgIpc) is 2.85. The van der Waals surface area contributed by atoms with Crippen molar-refractivity contribution < 1.29 is 18.7 Å². The van der Waals surface area contributed by atoms with Crippen LogP contribution in [0.15, 0.2) is 102 Å². The SMILES string of the molecule is [B]/C(C)=C(/C=C\C)Oc1ccc(/C=C(\NC(=O)c2ccccc2F)C(=O)Nc2ccccn2)cc1. The molecule has 0 saturated carbocycles. The number of hydrogen-bond donors (Lipinski definition) is 2. The first kappa shape index (κ1) is 25.2. The van der Waals surface area contributed by atoms with Gasteiger partial charge in [0, 0.05) is 6.20 Å². The summed E-state index contributed by atoms with van der Waals surface area (Å²) in [5, 5.41) is 5.12. The highest BCUT2D eigenvalue weighted by Crippen LogP contribution is 2.19. The Labute approximate surface area is 204 Å². The third-order valence-corrected chi connectivity index (χ3v) is 4.64. The Morgan fingerprint density at radius 2 is 1.74 bits per heavy atom. The van der Waals surface area contributed by atoms with E-state index in [0.717, 1.165) is 0 Å². The summed E-state index contributed by atoms with van der Waals surface area (Å²) in [6, 6.07) is 17.4. The summed E-state index contributed by atoms with van der Waals surface area (Å²) in [5.74, 6) is -0.724. The highest BCUT2D eigenvalue weighted by Gasteiger charge is 2.17. The van der Waals surface area contributed by atoms with Crippen molar-refractivity contribution >= 4 is 31.6 Å². The van der Waals surface area contributed by atoms with Gasteiger partial charge < -0.3 is 15.4 Å². The van der Waals surface area contributed by atoms with E-state index in [2.05, 4.69) is 15.6 Å². The Kier molecular flexibility index (Phi) is 8.73. The van der Waals surface area contributed by atoms with Crippen LogP contribution < -0.4 is 15.4 Å². The molecular formula is C27H23BFN3O3. The zero-order valence-electron chi connectivity index (χ0n) is 19.3. The van der Waals surface area contributed by atoms with Crippen LogP contribution in [0.4, 0.5) is 10.2 Å². The van der Waals surface area contributed by atoms with Crippen molar-refractivity contribution in [2.75, 3.05) is 5.32 Å². The second-order valence-electron chi connectivity index (χ2n) is 7.38. The first-order chi connectivity index (χ1) is 16.9. The average molecular weight is 467 g/mol. The van der Waals surface area contributed by atoms with E-state index in [1.165, 1.54) is 36.5 Å². The smallest absolute Gasteiger partial charge is 0.273 e. The lowest BCUT2D eigenvalue weighted by Gasteiger charge is -2.12. The monoisotopic (exact) mass is 467 g/mol. The zero-order chi connectivity index (χ0) is 25.2. The number of halogens is 1. The molecule has 0 aliphatic carbocycles. The molecule has 0 atom stereocenters. The van der Waals surface area contributed by atoms with Gasteiger partial charge in [-0.25, -0.2) is 9.37 Å². The molecule has 1 heterocycles. The van der Waals surface area contributed by atoms with Gasteiger partial charge in [0.15, 0.2) is 0 Å². The standard InChI is InChI=1S/C27H23BFN3O3/c1-3-8-24(18(2)28)35-20-14-12-19(13-15-20)17-23(27(34)32-25-11-6-7-16-30-25)31-26(33)21-9-4-5-10-22(21)29/h3-17H,1-2H3,(H,31,33)(H,30,32,34)/b8-3-,23-17-,24-18-. The number of amides is 2. The van der Waals surface area contributed by atoms with Gasteiger partial charge >= 0.3 is 0 Å². The number of carbonyl (C=O) groups excluding carboxylic acids is 2. The van der Waals surface area contributed by atoms with Crippen LogP contribution in [0.25, 0.3) is 6.08 Å². The molecule has 0 saturated heterocycles. The number of anilines is 1. The molecule has 3 rings (SSSR count). The number of ether oxygens (including phenoxy) is 1. The minimum absolute atomic E-state index is 0.0927. The molecular weight excluding hydrogens is 444 g/mol. The maximum Gasteiger partial charge on any atom is 0.273 e. The van der Waals surface area contributed by atoms with E-state index < -0.39 is 17.6 Å². The first-order valence-electron chi connectivity index (χ1n) is 10.7. The van der Waals surface area contributed by atoms with Gasteiger partial charge in [0.25, 0.3) is 11.8 Å². The molecule has 1 aromatic heterocycles. The normalized spacial score (nSPS) is 12.1. The van der Waals surface area contributed by atoms with Crippen LogP contribution in [0.3, 0.4) is 0 Å². The fourth-order valence-electron chi connectivity index (χ4n) is 2.94. The van der Waals surface area contributed by atoms with E-state index in [9.17, 15) is 14.0 Å². The van der Waals surface area contributed by atoms with Crippen LogP contribution in [-0.2, 0) is 4.79 Å². The van der Waals surface area contributed by atoms with Gasteiger partial charge in [-0.1, -0.05) is 41.9 Å². The second kappa shape index (κ2) is 12.1. The number of aromatic nitrogens is 1. The van der Waals surface area contributed by atoms with Gasteiger partial charge in [0.05, 0.1) is 5.56 Å². The molecule has 2 aromatic carbocycles. The minimum Gasteiger partial charge on any atom is -0.458 e. The van der Waals surface area contributed by atoms with Gasteiger partial charge in [0.1, 0.15) is 36.7 Å². The summed E-state index contributed by atoms with van der Waals surface area (Å²) >= 11 is 0. The van der Waals surface area contributed by atoms with Crippen LogP contribution in [0.1, 0.15) is 29.8 Å². The topological polar surface area (TPSA) is 80.3 Å². The molecule has 0 aliphatic heterocycles. The summed E-state index contributed by atoms with van der Waals surface area (Å²) in [6.45, 7) is 3.59. The lowest BCUT2D eigenvalue weighted by atomic mass is 9.96. The highest BCUT2D eigenvalue weighted by atomic mass is 19.1. The van der Waals surface area contributed by atoms with Crippen LogP contribution in [0, 0.1) is 5.82 Å². The number of benzene rings is 2. The Bertz CT molecular complexity index is 1280. The molecule has 2 radical (unpaired) electrons. The van der Waals surface area contributed by atoms with Gasteiger partial charge in [-0.3, -0.25) is 9.59 Å². The lowest BCUT2D eigenvalue weighted by molar-refractivity contribution is -0.113. The summed E-state index contributed by atoms with van der Waals surface area (Å²) in [7, 11) is 5.85. The van der Waals surface area contributed by atoms with E-state index >= 15 is 0 Å². The first-order valence-corrected chi connectivity index (χ1v) is 10.7. The Balaban J connectivity index is 1.88. The molecule has 35 heavy (non-hydrogen) atoms. The molecule has 174 valence electrons. The molecule has 0 spiro atoms. The summed E-state index contributed by atoms with van der Waals surface area (Å²) in [5.41, 5.74) is 0.841. The Morgan fingerprint density at radius 3 is 2.37 bits per heavy atom. The molecule has 0 unspecified atom stereocenters. The third-order valence-electron chi connectivity index (χ3n) is 4.64. The number of hydrogen-bond acceptors (Lipinski definition) is 4. The third kappa shape index (κ3) is 7.27. The van der Waals surface area contributed by atoms with Crippen LogP contribution >= 0.6 is 0 Å². The molecule has 2 amide bonds. The number of nitrogens with zero attached hydrogens (tertiary/aromatic N) is 1. The van der Waals surface area contributed by atoms with Crippen molar-refractivity contribution in [3.63, 3.8) is 0 Å². The minimum atomic E-state index is -0.759. The predicted octanol–water partition coefficient (Wildman–Crippen LogP) is 4.99. The van der Waals surface area contributed by atoms with Crippen molar-refractivity contribution in [3.8, 4) is 5.75 Å². The predicted molar refractivity (Wildman–Crippen MR) is 135 cm³/mol. The van der Waals surface area contributed by atoms with Crippen LogP contribution in [-0.4, -0.2) is 24.6 Å². The zero-order valence-corrected chi connectivity index (χ0v) is 19.3. The number of pyridine rings is 1. The summed E-state index contributed by atoms with van der Waals surface area (Å²) < 4.78 is 19.9.